The molecule has 0 aliphatic carbocycles. The lowest BCUT2D eigenvalue weighted by molar-refractivity contribution is -0.200. The Balaban J connectivity index is 1.41. The fraction of sp³-hybridized carbons (Fsp3) is 0.520. The number of rotatable bonds is 8. The van der Waals surface area contributed by atoms with Gasteiger partial charge in [0.2, 0.25) is 5.91 Å². The van der Waals surface area contributed by atoms with Crippen molar-refractivity contribution in [2.45, 2.75) is 62.6 Å². The molecule has 7 nitrogen and oxygen atoms in total. The highest BCUT2D eigenvalue weighted by atomic mass is 32.2. The molecule has 2 saturated heterocycles. The largest absolute Gasteiger partial charge is 0.445 e. The molecular formula is C25H32N2O5S2. The number of carbonyl (C=O) groups is 2. The Morgan fingerprint density at radius 2 is 1.97 bits per heavy atom. The Bertz CT molecular complexity index is 950. The van der Waals surface area contributed by atoms with Crippen LogP contribution in [0.3, 0.4) is 0 Å². The van der Waals surface area contributed by atoms with Crippen LogP contribution in [0.5, 0.6) is 0 Å². The molecule has 0 bridgehead atoms. The monoisotopic (exact) mass is 504 g/mol. The Labute approximate surface area is 208 Å². The quantitative estimate of drug-likeness (QED) is 0.472. The van der Waals surface area contributed by atoms with Crippen LogP contribution >= 0.6 is 23.1 Å². The third-order valence-electron chi connectivity index (χ3n) is 6.11. The van der Waals surface area contributed by atoms with E-state index in [4.69, 9.17) is 14.3 Å². The number of carbonyl (C=O) groups excluding carboxylic acids is 2. The number of thiophene rings is 1. The Kier molecular flexibility index (Phi) is 8.88. The van der Waals surface area contributed by atoms with E-state index in [1.165, 1.54) is 11.3 Å². The summed E-state index contributed by atoms with van der Waals surface area (Å²) < 4.78 is 10.4. The van der Waals surface area contributed by atoms with Gasteiger partial charge in [0.05, 0.1) is 4.75 Å². The van der Waals surface area contributed by atoms with Gasteiger partial charge in [-0.2, -0.15) is 0 Å². The van der Waals surface area contributed by atoms with Gasteiger partial charge in [-0.3, -0.25) is 4.79 Å². The summed E-state index contributed by atoms with van der Waals surface area (Å²) in [5.74, 6) is 0.951. The summed E-state index contributed by atoms with van der Waals surface area (Å²) in [6.45, 7) is 0.916. The smallest absolute Gasteiger partial charge is 0.407 e. The van der Waals surface area contributed by atoms with Crippen molar-refractivity contribution in [3.63, 3.8) is 0 Å². The normalized spacial score (nSPS) is 22.7. The van der Waals surface area contributed by atoms with Gasteiger partial charge >= 0.3 is 6.09 Å². The maximum Gasteiger partial charge on any atom is 0.407 e. The van der Waals surface area contributed by atoms with Crippen molar-refractivity contribution in [1.82, 2.24) is 10.8 Å². The zero-order valence-corrected chi connectivity index (χ0v) is 21.1. The molecule has 3 heterocycles. The van der Waals surface area contributed by atoms with Crippen molar-refractivity contribution < 1.29 is 23.9 Å². The average Bonchev–Trinajstić information content (AvgIpc) is 3.39. The number of hydrogen-bond acceptors (Lipinski definition) is 7. The zero-order valence-electron chi connectivity index (χ0n) is 19.5. The molecular weight excluding hydrogens is 472 g/mol. The number of nitrogens with one attached hydrogen (secondary N) is 2. The molecule has 1 aromatic carbocycles. The van der Waals surface area contributed by atoms with E-state index < -0.39 is 6.09 Å². The maximum atomic E-state index is 12.8. The highest BCUT2D eigenvalue weighted by molar-refractivity contribution is 8.00. The van der Waals surface area contributed by atoms with Crippen LogP contribution in [0.15, 0.2) is 36.4 Å². The molecule has 2 fully saturated rings. The second-order valence-corrected chi connectivity index (χ2v) is 11.2. The maximum absolute atomic E-state index is 12.8. The SMILES string of the molecule is CNC(=O)OCc1ccc(-c2ccc([C@@]3(CC(=O)NOC4CCCCO4)CCCCS3)s2)cc1. The van der Waals surface area contributed by atoms with E-state index in [2.05, 4.69) is 22.9 Å². The zero-order chi connectivity index (χ0) is 23.8. The summed E-state index contributed by atoms with van der Waals surface area (Å²) in [6.07, 6.45) is 5.78. The first kappa shape index (κ1) is 25.0. The van der Waals surface area contributed by atoms with E-state index in [9.17, 15) is 9.59 Å². The van der Waals surface area contributed by atoms with Crippen LogP contribution in [0.1, 0.15) is 55.4 Å². The van der Waals surface area contributed by atoms with E-state index in [1.807, 2.05) is 36.0 Å². The summed E-state index contributed by atoms with van der Waals surface area (Å²) in [5, 5.41) is 2.44. The molecule has 2 aromatic rings. The van der Waals surface area contributed by atoms with Gasteiger partial charge in [0.25, 0.3) is 0 Å². The Hall–Kier alpha value is -2.07. The molecule has 0 radical (unpaired) electrons. The van der Waals surface area contributed by atoms with Crippen molar-refractivity contribution in [3.05, 3.63) is 46.8 Å². The summed E-state index contributed by atoms with van der Waals surface area (Å²) in [4.78, 5) is 32.0. The van der Waals surface area contributed by atoms with Crippen molar-refractivity contribution in [3.8, 4) is 10.4 Å². The minimum absolute atomic E-state index is 0.0982. The number of amides is 2. The standard InChI is InChI=1S/C25H32N2O5S2/c1-26-24(29)31-17-18-7-9-19(10-8-18)20-11-12-21(34-20)25(13-3-5-15-33-25)16-22(28)27-32-23-6-2-4-14-30-23/h7-12,23H,2-6,13-17H2,1H3,(H,26,29)(H,27,28)/t23?,25-/m0/s1. The van der Waals surface area contributed by atoms with E-state index in [0.29, 0.717) is 13.0 Å². The second kappa shape index (κ2) is 12.1. The van der Waals surface area contributed by atoms with Gasteiger partial charge in [0, 0.05) is 36.3 Å². The number of hydroxylamine groups is 1. The van der Waals surface area contributed by atoms with E-state index in [-0.39, 0.29) is 23.6 Å². The lowest BCUT2D eigenvalue weighted by atomic mass is 9.94. The lowest BCUT2D eigenvalue weighted by Crippen LogP contribution is -2.37. The van der Waals surface area contributed by atoms with Gasteiger partial charge in [-0.15, -0.1) is 23.1 Å². The van der Waals surface area contributed by atoms with E-state index >= 15 is 0 Å². The van der Waals surface area contributed by atoms with Gasteiger partial charge in [0.1, 0.15) is 6.61 Å². The summed E-state index contributed by atoms with van der Waals surface area (Å²) in [5.41, 5.74) is 4.69. The summed E-state index contributed by atoms with van der Waals surface area (Å²) in [7, 11) is 1.54. The van der Waals surface area contributed by atoms with Gasteiger partial charge in [-0.1, -0.05) is 30.7 Å². The molecule has 4 rings (SSSR count). The van der Waals surface area contributed by atoms with Crippen molar-refractivity contribution in [2.24, 2.45) is 0 Å². The number of benzene rings is 1. The van der Waals surface area contributed by atoms with Gasteiger partial charge in [-0.25, -0.2) is 15.1 Å². The minimum atomic E-state index is -0.442. The second-order valence-electron chi connectivity index (χ2n) is 8.60. The molecule has 184 valence electrons. The fourth-order valence-corrected chi connectivity index (χ4v) is 7.12. The molecule has 2 N–H and O–H groups in total. The highest BCUT2D eigenvalue weighted by Crippen LogP contribution is 2.50. The van der Waals surface area contributed by atoms with Crippen LogP contribution in [-0.2, 0) is 30.5 Å². The first-order valence-corrected chi connectivity index (χ1v) is 13.6. The van der Waals surface area contributed by atoms with Crippen LogP contribution < -0.4 is 10.8 Å². The molecule has 34 heavy (non-hydrogen) atoms. The summed E-state index contributed by atoms with van der Waals surface area (Å²) in [6, 6.07) is 12.3. The molecule has 1 unspecified atom stereocenters. The van der Waals surface area contributed by atoms with Crippen LogP contribution in [0.25, 0.3) is 10.4 Å². The van der Waals surface area contributed by atoms with Crippen LogP contribution in [-0.4, -0.2) is 37.7 Å². The van der Waals surface area contributed by atoms with Crippen molar-refractivity contribution in [1.29, 1.82) is 0 Å². The van der Waals surface area contributed by atoms with Gasteiger partial charge in [-0.05, 0) is 54.7 Å². The van der Waals surface area contributed by atoms with E-state index in [0.717, 1.165) is 53.9 Å². The molecule has 0 spiro atoms. The fourth-order valence-electron chi connectivity index (χ4n) is 4.23. The predicted octanol–water partition coefficient (Wildman–Crippen LogP) is 5.35. The number of alkyl carbamates (subject to hydrolysis) is 1. The molecule has 0 saturated carbocycles. The van der Waals surface area contributed by atoms with Crippen LogP contribution in [0.4, 0.5) is 4.79 Å². The minimum Gasteiger partial charge on any atom is -0.445 e. The van der Waals surface area contributed by atoms with Crippen LogP contribution in [0, 0.1) is 0 Å². The predicted molar refractivity (Wildman–Crippen MR) is 134 cm³/mol. The topological polar surface area (TPSA) is 85.9 Å². The highest BCUT2D eigenvalue weighted by Gasteiger charge is 2.38. The molecule has 2 aliphatic rings. The molecule has 2 amide bonds. The van der Waals surface area contributed by atoms with E-state index in [1.54, 1.807) is 18.4 Å². The average molecular weight is 505 g/mol. The molecule has 9 heteroatoms. The number of hydrogen-bond donors (Lipinski definition) is 2. The third kappa shape index (κ3) is 6.53. The Morgan fingerprint density at radius 3 is 2.68 bits per heavy atom. The third-order valence-corrected chi connectivity index (χ3v) is 9.19. The van der Waals surface area contributed by atoms with Crippen molar-refractivity contribution in [2.75, 3.05) is 19.4 Å². The lowest BCUT2D eigenvalue weighted by Gasteiger charge is -2.35. The van der Waals surface area contributed by atoms with Gasteiger partial charge in [0.15, 0.2) is 6.29 Å². The number of ether oxygens (including phenoxy) is 2. The van der Waals surface area contributed by atoms with Crippen molar-refractivity contribution >= 4 is 35.1 Å². The Morgan fingerprint density at radius 1 is 1.12 bits per heavy atom. The first-order valence-electron chi connectivity index (χ1n) is 11.8. The van der Waals surface area contributed by atoms with Gasteiger partial charge < -0.3 is 14.8 Å². The first-order chi connectivity index (χ1) is 16.6. The summed E-state index contributed by atoms with van der Waals surface area (Å²) >= 11 is 3.63. The molecule has 1 aromatic heterocycles. The molecule has 2 aliphatic heterocycles. The van der Waals surface area contributed by atoms with Crippen LogP contribution in [0.2, 0.25) is 0 Å². The number of thioether (sulfide) groups is 1. The molecule has 2 atom stereocenters.